The molecule has 1 fully saturated rings. The molecule has 1 atom stereocenters. The van der Waals surface area contributed by atoms with Gasteiger partial charge in [0, 0.05) is 56.5 Å². The number of hydrogen-bond acceptors (Lipinski definition) is 6. The fraction of sp³-hybridized carbons (Fsp3) is 0.533. The van der Waals surface area contributed by atoms with Gasteiger partial charge in [-0.2, -0.15) is 13.2 Å². The van der Waals surface area contributed by atoms with E-state index in [-0.39, 0.29) is 49.5 Å². The average Bonchev–Trinajstić information content (AvgIpc) is 2.95. The van der Waals surface area contributed by atoms with Crippen LogP contribution in [0.3, 0.4) is 0 Å². The molecular weight excluding hydrogens is 611 g/mol. The van der Waals surface area contributed by atoms with E-state index in [1.165, 1.54) is 25.3 Å². The van der Waals surface area contributed by atoms with Crippen molar-refractivity contribution in [1.29, 1.82) is 0 Å². The highest BCUT2D eigenvalue weighted by molar-refractivity contribution is 6.31. The van der Waals surface area contributed by atoms with Gasteiger partial charge in [-0.25, -0.2) is 8.78 Å². The summed E-state index contributed by atoms with van der Waals surface area (Å²) in [7, 11) is 1.48. The molecule has 1 heterocycles. The fourth-order valence-electron chi connectivity index (χ4n) is 4.96. The summed E-state index contributed by atoms with van der Waals surface area (Å²) in [5.74, 6) is -3.86. The van der Waals surface area contributed by atoms with Gasteiger partial charge >= 0.3 is 6.18 Å². The van der Waals surface area contributed by atoms with Crippen molar-refractivity contribution in [3.63, 3.8) is 0 Å². The second-order valence-corrected chi connectivity index (χ2v) is 11.4. The van der Waals surface area contributed by atoms with Crippen molar-refractivity contribution >= 4 is 34.8 Å². The van der Waals surface area contributed by atoms with E-state index in [1.807, 2.05) is 23.6 Å². The van der Waals surface area contributed by atoms with Gasteiger partial charge in [0.2, 0.25) is 5.91 Å². The van der Waals surface area contributed by atoms with E-state index < -0.39 is 41.6 Å². The Kier molecular flexibility index (Phi) is 13.2. The molecule has 0 radical (unpaired) electrons. The lowest BCUT2D eigenvalue weighted by Gasteiger charge is -2.43. The van der Waals surface area contributed by atoms with E-state index in [4.69, 9.17) is 21.1 Å². The number of rotatable bonds is 14. The molecule has 8 nitrogen and oxygen atoms in total. The Hall–Kier alpha value is -3.00. The van der Waals surface area contributed by atoms with Crippen LogP contribution in [0.2, 0.25) is 5.02 Å². The highest BCUT2D eigenvalue weighted by Gasteiger charge is 2.33. The second kappa shape index (κ2) is 16.4. The number of nitrogens with zero attached hydrogens (tertiary/aromatic N) is 2. The summed E-state index contributed by atoms with van der Waals surface area (Å²) in [5, 5.41) is 5.42. The van der Waals surface area contributed by atoms with Gasteiger partial charge in [0.05, 0.1) is 36.6 Å². The number of hydrogen-bond donors (Lipinski definition) is 2. The van der Waals surface area contributed by atoms with Crippen LogP contribution in [-0.4, -0.2) is 82.0 Å². The predicted molar refractivity (Wildman–Crippen MR) is 158 cm³/mol. The SMILES string of the molecule is COCCOCC(=O)NCc1ccc(C(=O)Nc2ccc(Cl)cc2N2CCN(CCC(F)(F)F)[C@@H](CC(C)C)C2)c(F)c1F. The molecule has 0 spiro atoms. The van der Waals surface area contributed by atoms with Gasteiger partial charge in [0.1, 0.15) is 6.61 Å². The minimum atomic E-state index is -4.26. The van der Waals surface area contributed by atoms with Crippen LogP contribution in [0.5, 0.6) is 0 Å². The van der Waals surface area contributed by atoms with E-state index in [9.17, 15) is 27.2 Å². The Bertz CT molecular complexity index is 1280. The maximum atomic E-state index is 15.0. The quantitative estimate of drug-likeness (QED) is 0.204. The van der Waals surface area contributed by atoms with Gasteiger partial charge in [-0.05, 0) is 36.6 Å². The Labute approximate surface area is 258 Å². The summed E-state index contributed by atoms with van der Waals surface area (Å²) in [6.45, 7) is 4.91. The topological polar surface area (TPSA) is 83.1 Å². The third kappa shape index (κ3) is 10.6. The summed E-state index contributed by atoms with van der Waals surface area (Å²) < 4.78 is 78.6. The molecule has 44 heavy (non-hydrogen) atoms. The lowest BCUT2D eigenvalue weighted by atomic mass is 9.99. The zero-order chi connectivity index (χ0) is 32.4. The smallest absolute Gasteiger partial charge is 0.382 e. The van der Waals surface area contributed by atoms with Gasteiger partial charge < -0.3 is 25.0 Å². The molecule has 2 aromatic carbocycles. The average molecular weight is 649 g/mol. The first-order chi connectivity index (χ1) is 20.8. The van der Waals surface area contributed by atoms with Crippen LogP contribution in [0.1, 0.15) is 42.6 Å². The Balaban J connectivity index is 1.72. The normalized spacial score (nSPS) is 16.0. The third-order valence-electron chi connectivity index (χ3n) is 7.13. The molecule has 0 unspecified atom stereocenters. The number of alkyl halides is 3. The van der Waals surface area contributed by atoms with Gasteiger partial charge in [-0.15, -0.1) is 0 Å². The number of anilines is 2. The molecule has 0 aliphatic carbocycles. The highest BCUT2D eigenvalue weighted by atomic mass is 35.5. The standard InChI is InChI=1S/C30H38ClF5N4O4/c1-19(2)14-22-17-40(11-10-39(22)9-8-30(34,35)36)25-15-21(31)5-7-24(25)38-29(42)23-6-4-20(27(32)28(23)33)16-37-26(41)18-44-13-12-43-3/h4-7,15,19,22H,8-14,16-18H2,1-3H3,(H,37,41)(H,38,42)/t22-/m0/s1. The molecule has 2 N–H and O–H groups in total. The molecule has 14 heteroatoms. The van der Waals surface area contributed by atoms with Crippen LogP contribution >= 0.6 is 11.6 Å². The van der Waals surface area contributed by atoms with Crippen LogP contribution < -0.4 is 15.5 Å². The van der Waals surface area contributed by atoms with Gasteiger partial charge in [0.25, 0.3) is 5.91 Å². The van der Waals surface area contributed by atoms with Crippen molar-refractivity contribution < 1.29 is 41.0 Å². The minimum absolute atomic E-state index is 0.111. The van der Waals surface area contributed by atoms with Crippen molar-refractivity contribution in [2.24, 2.45) is 5.92 Å². The van der Waals surface area contributed by atoms with Gasteiger partial charge in [-0.3, -0.25) is 14.5 Å². The number of piperazine rings is 1. The number of carbonyl (C=O) groups excluding carboxylic acids is 2. The molecule has 0 bridgehead atoms. The van der Waals surface area contributed by atoms with Gasteiger partial charge in [0.15, 0.2) is 11.6 Å². The maximum absolute atomic E-state index is 15.0. The minimum Gasteiger partial charge on any atom is -0.382 e. The summed E-state index contributed by atoms with van der Waals surface area (Å²) in [6.07, 6.45) is -4.50. The van der Waals surface area contributed by atoms with E-state index in [0.717, 1.165) is 6.07 Å². The molecule has 0 aromatic heterocycles. The number of nitrogens with one attached hydrogen (secondary N) is 2. The molecule has 1 aliphatic heterocycles. The van der Waals surface area contributed by atoms with Crippen molar-refractivity contribution in [2.45, 2.75) is 45.5 Å². The molecule has 3 rings (SSSR count). The second-order valence-electron chi connectivity index (χ2n) is 11.0. The number of methoxy groups -OCH3 is 1. The number of halogens is 6. The number of ether oxygens (including phenoxy) is 2. The van der Waals surface area contributed by atoms with Crippen LogP contribution in [-0.2, 0) is 20.8 Å². The summed E-state index contributed by atoms with van der Waals surface area (Å²) in [6, 6.07) is 6.85. The zero-order valence-corrected chi connectivity index (χ0v) is 25.7. The summed E-state index contributed by atoms with van der Waals surface area (Å²) in [5.41, 5.74) is 0.103. The molecule has 244 valence electrons. The molecule has 1 aliphatic rings. The van der Waals surface area contributed by atoms with Crippen LogP contribution in [0.4, 0.5) is 33.3 Å². The van der Waals surface area contributed by atoms with E-state index in [2.05, 4.69) is 10.6 Å². The van der Waals surface area contributed by atoms with E-state index in [0.29, 0.717) is 43.4 Å². The van der Waals surface area contributed by atoms with Crippen molar-refractivity contribution in [1.82, 2.24) is 10.2 Å². The number of carbonyl (C=O) groups is 2. The molecule has 1 saturated heterocycles. The van der Waals surface area contributed by atoms with Crippen LogP contribution in [0.15, 0.2) is 30.3 Å². The maximum Gasteiger partial charge on any atom is 0.390 e. The molecule has 2 aromatic rings. The third-order valence-corrected chi connectivity index (χ3v) is 7.36. The fourth-order valence-corrected chi connectivity index (χ4v) is 5.13. The largest absolute Gasteiger partial charge is 0.390 e. The van der Waals surface area contributed by atoms with Crippen LogP contribution in [0, 0.1) is 17.6 Å². The first-order valence-corrected chi connectivity index (χ1v) is 14.6. The lowest BCUT2D eigenvalue weighted by molar-refractivity contribution is -0.139. The first kappa shape index (κ1) is 35.5. The van der Waals surface area contributed by atoms with Crippen LogP contribution in [0.25, 0.3) is 0 Å². The van der Waals surface area contributed by atoms with Crippen molar-refractivity contribution in [3.05, 3.63) is 58.1 Å². The van der Waals surface area contributed by atoms with Gasteiger partial charge in [-0.1, -0.05) is 31.5 Å². The lowest BCUT2D eigenvalue weighted by Crippen LogP contribution is -2.54. The molecule has 2 amide bonds. The van der Waals surface area contributed by atoms with E-state index >= 15 is 4.39 Å². The Morgan fingerprint density at radius 1 is 1.09 bits per heavy atom. The monoisotopic (exact) mass is 648 g/mol. The summed E-state index contributed by atoms with van der Waals surface area (Å²) in [4.78, 5) is 28.8. The summed E-state index contributed by atoms with van der Waals surface area (Å²) >= 11 is 6.27. The van der Waals surface area contributed by atoms with Crippen molar-refractivity contribution in [3.8, 4) is 0 Å². The predicted octanol–water partition coefficient (Wildman–Crippen LogP) is 5.64. The van der Waals surface area contributed by atoms with E-state index in [1.54, 1.807) is 6.07 Å². The Morgan fingerprint density at radius 3 is 2.52 bits per heavy atom. The number of amides is 2. The molecular formula is C30H38ClF5N4O4. The van der Waals surface area contributed by atoms with Crippen molar-refractivity contribution in [2.75, 3.05) is 63.3 Å². The highest BCUT2D eigenvalue weighted by Crippen LogP contribution is 2.33. The zero-order valence-electron chi connectivity index (χ0n) is 24.9. The molecule has 0 saturated carbocycles. The Morgan fingerprint density at radius 2 is 1.84 bits per heavy atom. The number of benzene rings is 2. The first-order valence-electron chi connectivity index (χ1n) is 14.3.